The summed E-state index contributed by atoms with van der Waals surface area (Å²) in [7, 11) is 1.60. The molecule has 2 heterocycles. The second-order valence-corrected chi connectivity index (χ2v) is 4.44. The smallest absolute Gasteiger partial charge is 0.383 e. The van der Waals surface area contributed by atoms with E-state index in [1.54, 1.807) is 19.2 Å². The van der Waals surface area contributed by atoms with Crippen molar-refractivity contribution in [3.63, 3.8) is 0 Å². The number of hydrogen-bond donors (Lipinski definition) is 1. The molecule has 0 aliphatic heterocycles. The maximum atomic E-state index is 12.6. The molecular formula is C13H16F3N3O. The first kappa shape index (κ1) is 14.8. The van der Waals surface area contributed by atoms with Crippen molar-refractivity contribution in [2.75, 3.05) is 20.3 Å². The van der Waals surface area contributed by atoms with Gasteiger partial charge in [0.2, 0.25) is 0 Å². The van der Waals surface area contributed by atoms with Crippen molar-refractivity contribution in [1.29, 1.82) is 0 Å². The zero-order chi connectivity index (χ0) is 14.6. The molecule has 0 atom stereocenters. The number of halogens is 3. The number of pyridine rings is 1. The first-order valence-electron chi connectivity index (χ1n) is 6.20. The van der Waals surface area contributed by atoms with Crippen molar-refractivity contribution in [2.24, 2.45) is 0 Å². The Kier molecular flexibility index (Phi) is 4.61. The van der Waals surface area contributed by atoms with Crippen LogP contribution in [-0.4, -0.2) is 36.0 Å². The summed E-state index contributed by atoms with van der Waals surface area (Å²) in [4.78, 5) is 4.04. The molecule has 0 spiro atoms. The van der Waals surface area contributed by atoms with E-state index in [2.05, 4.69) is 10.3 Å². The summed E-state index contributed by atoms with van der Waals surface area (Å²) < 4.78 is 43.7. The van der Waals surface area contributed by atoms with Gasteiger partial charge < -0.3 is 14.6 Å². The molecule has 0 unspecified atom stereocenters. The lowest BCUT2D eigenvalue weighted by atomic mass is 10.2. The van der Waals surface area contributed by atoms with Crippen LogP contribution in [0, 0.1) is 0 Å². The van der Waals surface area contributed by atoms with Gasteiger partial charge in [0.05, 0.1) is 6.61 Å². The van der Waals surface area contributed by atoms with Crippen molar-refractivity contribution in [3.8, 4) is 0 Å². The minimum Gasteiger partial charge on any atom is -0.383 e. The highest BCUT2D eigenvalue weighted by Gasteiger charge is 2.29. The molecule has 20 heavy (non-hydrogen) atoms. The van der Waals surface area contributed by atoms with Gasteiger partial charge >= 0.3 is 6.18 Å². The summed E-state index contributed by atoms with van der Waals surface area (Å²) in [6, 6.07) is 3.50. The SMILES string of the molecule is COCCNCc1cn(CC(F)(F)F)c2ncccc12. The average Bonchev–Trinajstić information content (AvgIpc) is 2.72. The molecule has 0 aliphatic carbocycles. The highest BCUT2D eigenvalue weighted by Crippen LogP contribution is 2.24. The topological polar surface area (TPSA) is 39.1 Å². The third-order valence-corrected chi connectivity index (χ3v) is 2.86. The Morgan fingerprint density at radius 2 is 2.20 bits per heavy atom. The van der Waals surface area contributed by atoms with Gasteiger partial charge in [-0.15, -0.1) is 0 Å². The van der Waals surface area contributed by atoms with Crippen LogP contribution < -0.4 is 5.32 Å². The zero-order valence-electron chi connectivity index (χ0n) is 11.1. The summed E-state index contributed by atoms with van der Waals surface area (Å²) >= 11 is 0. The quantitative estimate of drug-likeness (QED) is 0.829. The fraction of sp³-hybridized carbons (Fsp3) is 0.462. The second kappa shape index (κ2) is 6.23. The number of nitrogens with one attached hydrogen (secondary N) is 1. The van der Waals surface area contributed by atoms with Gasteiger partial charge in [0.1, 0.15) is 12.2 Å². The largest absolute Gasteiger partial charge is 0.406 e. The molecule has 0 fully saturated rings. The van der Waals surface area contributed by atoms with Crippen LogP contribution in [0.4, 0.5) is 13.2 Å². The summed E-state index contributed by atoms with van der Waals surface area (Å²) in [5.74, 6) is 0. The molecule has 1 N–H and O–H groups in total. The summed E-state index contributed by atoms with van der Waals surface area (Å²) in [5.41, 5.74) is 1.15. The highest BCUT2D eigenvalue weighted by atomic mass is 19.4. The molecule has 0 bridgehead atoms. The van der Waals surface area contributed by atoms with E-state index in [1.807, 2.05) is 0 Å². The van der Waals surface area contributed by atoms with Crippen molar-refractivity contribution in [3.05, 3.63) is 30.1 Å². The van der Waals surface area contributed by atoms with Crippen LogP contribution in [0.3, 0.4) is 0 Å². The second-order valence-electron chi connectivity index (χ2n) is 4.44. The van der Waals surface area contributed by atoms with Gasteiger partial charge in [0, 0.05) is 38.0 Å². The Morgan fingerprint density at radius 1 is 1.40 bits per heavy atom. The number of methoxy groups -OCH3 is 1. The number of aromatic nitrogens is 2. The highest BCUT2D eigenvalue weighted by molar-refractivity contribution is 5.80. The van der Waals surface area contributed by atoms with E-state index < -0.39 is 12.7 Å². The first-order valence-corrected chi connectivity index (χ1v) is 6.20. The van der Waals surface area contributed by atoms with Crippen LogP contribution in [-0.2, 0) is 17.8 Å². The summed E-state index contributed by atoms with van der Waals surface area (Å²) in [5, 5.41) is 3.86. The fourth-order valence-corrected chi connectivity index (χ4v) is 2.05. The van der Waals surface area contributed by atoms with Crippen molar-refractivity contribution < 1.29 is 17.9 Å². The number of fused-ring (bicyclic) bond motifs is 1. The van der Waals surface area contributed by atoms with Crippen LogP contribution in [0.25, 0.3) is 11.0 Å². The molecule has 2 aromatic heterocycles. The van der Waals surface area contributed by atoms with Crippen LogP contribution in [0.15, 0.2) is 24.5 Å². The van der Waals surface area contributed by atoms with Gasteiger partial charge in [-0.3, -0.25) is 0 Å². The van der Waals surface area contributed by atoms with Crippen molar-refractivity contribution in [2.45, 2.75) is 19.3 Å². The van der Waals surface area contributed by atoms with Crippen molar-refractivity contribution >= 4 is 11.0 Å². The molecular weight excluding hydrogens is 271 g/mol. The van der Waals surface area contributed by atoms with Crippen LogP contribution in [0.1, 0.15) is 5.56 Å². The molecule has 0 saturated carbocycles. The number of alkyl halides is 3. The monoisotopic (exact) mass is 287 g/mol. The Morgan fingerprint density at radius 3 is 2.90 bits per heavy atom. The first-order chi connectivity index (χ1) is 9.51. The van der Waals surface area contributed by atoms with Crippen molar-refractivity contribution in [1.82, 2.24) is 14.9 Å². The van der Waals surface area contributed by atoms with Crippen LogP contribution >= 0.6 is 0 Å². The van der Waals surface area contributed by atoms with Gasteiger partial charge in [-0.25, -0.2) is 4.98 Å². The lowest BCUT2D eigenvalue weighted by Crippen LogP contribution is -2.19. The molecule has 0 radical (unpaired) electrons. The number of nitrogens with zero attached hydrogens (tertiary/aromatic N) is 2. The molecule has 0 amide bonds. The number of ether oxygens (including phenoxy) is 1. The van der Waals surface area contributed by atoms with E-state index in [0.29, 0.717) is 25.3 Å². The van der Waals surface area contributed by atoms with E-state index in [9.17, 15) is 13.2 Å². The minimum atomic E-state index is -4.26. The molecule has 0 saturated heterocycles. The molecule has 2 aromatic rings. The van der Waals surface area contributed by atoms with Gasteiger partial charge in [0.15, 0.2) is 0 Å². The predicted molar refractivity (Wildman–Crippen MR) is 69.4 cm³/mol. The third kappa shape index (κ3) is 3.71. The third-order valence-electron chi connectivity index (χ3n) is 2.86. The maximum Gasteiger partial charge on any atom is 0.406 e. The predicted octanol–water partition coefficient (Wildman–Crippen LogP) is 2.33. The van der Waals surface area contributed by atoms with Crippen LogP contribution in [0.2, 0.25) is 0 Å². The Labute approximate surface area is 114 Å². The number of hydrogen-bond acceptors (Lipinski definition) is 3. The van der Waals surface area contributed by atoms with Gasteiger partial charge in [-0.2, -0.15) is 13.2 Å². The maximum absolute atomic E-state index is 12.6. The summed E-state index contributed by atoms with van der Waals surface area (Å²) in [6.45, 7) is 0.650. The molecule has 2 rings (SSSR count). The van der Waals surface area contributed by atoms with Gasteiger partial charge in [0.25, 0.3) is 0 Å². The zero-order valence-corrected chi connectivity index (χ0v) is 11.1. The Hall–Kier alpha value is -1.60. The molecule has 4 nitrogen and oxygen atoms in total. The lowest BCUT2D eigenvalue weighted by Gasteiger charge is -2.07. The molecule has 110 valence electrons. The molecule has 0 aromatic carbocycles. The average molecular weight is 287 g/mol. The minimum absolute atomic E-state index is 0.355. The van der Waals surface area contributed by atoms with E-state index in [0.717, 1.165) is 15.5 Å². The lowest BCUT2D eigenvalue weighted by molar-refractivity contribution is -0.139. The van der Waals surface area contributed by atoms with Crippen LogP contribution in [0.5, 0.6) is 0 Å². The van der Waals surface area contributed by atoms with Gasteiger partial charge in [-0.1, -0.05) is 0 Å². The van der Waals surface area contributed by atoms with E-state index in [1.165, 1.54) is 12.4 Å². The summed E-state index contributed by atoms with van der Waals surface area (Å²) in [6.07, 6.45) is -1.26. The normalized spacial score (nSPS) is 12.2. The molecule has 7 heteroatoms. The fourth-order valence-electron chi connectivity index (χ4n) is 2.05. The molecule has 0 aliphatic rings. The van der Waals surface area contributed by atoms with Gasteiger partial charge in [-0.05, 0) is 17.7 Å². The number of rotatable bonds is 6. The van der Waals surface area contributed by atoms with E-state index >= 15 is 0 Å². The Bertz CT molecular complexity index is 565. The Balaban J connectivity index is 2.22. The standard InChI is InChI=1S/C13H16F3N3O/c1-20-6-5-17-7-10-8-19(9-13(14,15)16)12-11(10)3-2-4-18-12/h2-4,8,17H,5-7,9H2,1H3. The van der Waals surface area contributed by atoms with E-state index in [-0.39, 0.29) is 0 Å². The van der Waals surface area contributed by atoms with E-state index in [4.69, 9.17) is 4.74 Å².